The lowest BCUT2D eigenvalue weighted by Crippen LogP contribution is -2.47. The maximum Gasteiger partial charge on any atom is 0.231 e. The lowest BCUT2D eigenvalue weighted by Gasteiger charge is -2.39. The zero-order valence-corrected chi connectivity index (χ0v) is 10.5. The first-order valence-corrected chi connectivity index (χ1v) is 6.10. The number of nitrogens with one attached hydrogen (secondary N) is 1. The molecule has 0 bridgehead atoms. The van der Waals surface area contributed by atoms with Gasteiger partial charge < -0.3 is 11.1 Å². The Morgan fingerprint density at radius 3 is 2.76 bits per heavy atom. The maximum absolute atomic E-state index is 12.1. The monoisotopic (exact) mass is 253 g/mol. The molecule has 2 rings (SSSR count). The van der Waals surface area contributed by atoms with E-state index in [4.69, 9.17) is 17.3 Å². The van der Waals surface area contributed by atoms with Gasteiger partial charge in [-0.3, -0.25) is 4.79 Å². The number of aromatic nitrogens is 1. The fourth-order valence-electron chi connectivity index (χ4n) is 2.04. The molecule has 1 heterocycles. The van der Waals surface area contributed by atoms with E-state index in [0.29, 0.717) is 17.4 Å². The Hall–Kier alpha value is -1.13. The van der Waals surface area contributed by atoms with Crippen molar-refractivity contribution in [1.82, 2.24) is 4.98 Å². The van der Waals surface area contributed by atoms with E-state index in [1.807, 2.05) is 6.92 Å². The average molecular weight is 254 g/mol. The number of hydrogen-bond donors (Lipinski definition) is 2. The zero-order chi connectivity index (χ0) is 12.5. The molecule has 1 amide bonds. The second-order valence-corrected chi connectivity index (χ2v) is 4.95. The van der Waals surface area contributed by atoms with Gasteiger partial charge >= 0.3 is 0 Å². The lowest BCUT2D eigenvalue weighted by molar-refractivity contribution is -0.129. The Morgan fingerprint density at radius 1 is 1.59 bits per heavy atom. The fourth-order valence-corrected chi connectivity index (χ4v) is 2.23. The Morgan fingerprint density at radius 2 is 2.29 bits per heavy atom. The number of halogens is 1. The van der Waals surface area contributed by atoms with Gasteiger partial charge in [-0.15, -0.1) is 0 Å². The molecule has 0 saturated heterocycles. The number of carbonyl (C=O) groups excluding carboxylic acids is 1. The highest BCUT2D eigenvalue weighted by Crippen LogP contribution is 2.40. The van der Waals surface area contributed by atoms with Gasteiger partial charge in [0.25, 0.3) is 0 Å². The molecule has 5 heteroatoms. The number of hydrogen-bond acceptors (Lipinski definition) is 3. The summed E-state index contributed by atoms with van der Waals surface area (Å²) >= 11 is 5.77. The van der Waals surface area contributed by atoms with Gasteiger partial charge in [0.1, 0.15) is 5.15 Å². The van der Waals surface area contributed by atoms with Gasteiger partial charge in [-0.2, -0.15) is 0 Å². The highest BCUT2D eigenvalue weighted by atomic mass is 35.5. The van der Waals surface area contributed by atoms with Crippen LogP contribution in [-0.4, -0.2) is 17.4 Å². The number of nitrogens with zero attached hydrogens (tertiary/aromatic N) is 1. The van der Waals surface area contributed by atoms with E-state index >= 15 is 0 Å². The molecule has 0 radical (unpaired) electrons. The van der Waals surface area contributed by atoms with E-state index in [1.54, 1.807) is 12.1 Å². The number of pyridine rings is 1. The number of anilines is 1. The van der Waals surface area contributed by atoms with Crippen LogP contribution in [-0.2, 0) is 4.79 Å². The van der Waals surface area contributed by atoms with Gasteiger partial charge in [-0.25, -0.2) is 4.98 Å². The summed E-state index contributed by atoms with van der Waals surface area (Å²) in [5.74, 6) is -0.00141. The van der Waals surface area contributed by atoms with Crippen LogP contribution in [0.3, 0.4) is 0 Å². The van der Waals surface area contributed by atoms with Crippen LogP contribution in [0, 0.1) is 12.3 Å². The Kier molecular flexibility index (Phi) is 3.35. The molecule has 0 atom stereocenters. The summed E-state index contributed by atoms with van der Waals surface area (Å²) in [6.45, 7) is 2.22. The predicted molar refractivity (Wildman–Crippen MR) is 68.0 cm³/mol. The van der Waals surface area contributed by atoms with Crippen LogP contribution in [0.1, 0.15) is 25.0 Å². The normalized spacial score (nSPS) is 17.4. The van der Waals surface area contributed by atoms with Gasteiger partial charge in [-0.05, 0) is 31.9 Å². The van der Waals surface area contributed by atoms with Crippen molar-refractivity contribution < 1.29 is 4.79 Å². The van der Waals surface area contributed by atoms with Crippen LogP contribution in [0.15, 0.2) is 12.1 Å². The van der Waals surface area contributed by atoms with Gasteiger partial charge in [0.15, 0.2) is 0 Å². The molecule has 4 nitrogen and oxygen atoms in total. The molecule has 0 spiro atoms. The highest BCUT2D eigenvalue weighted by Gasteiger charge is 2.42. The van der Waals surface area contributed by atoms with Gasteiger partial charge in [-0.1, -0.05) is 18.0 Å². The molecule has 1 aliphatic rings. The Balaban J connectivity index is 2.13. The third-order valence-electron chi connectivity index (χ3n) is 3.48. The second-order valence-electron chi connectivity index (χ2n) is 4.56. The summed E-state index contributed by atoms with van der Waals surface area (Å²) in [4.78, 5) is 16.2. The SMILES string of the molecule is Cc1nc(Cl)ccc1NC(=O)C1(CN)CCC1. The van der Waals surface area contributed by atoms with E-state index in [2.05, 4.69) is 10.3 Å². The number of aryl methyl sites for hydroxylation is 1. The molecular formula is C12H16ClN3O. The highest BCUT2D eigenvalue weighted by molar-refractivity contribution is 6.29. The van der Waals surface area contributed by atoms with Gasteiger partial charge in [0.05, 0.1) is 16.8 Å². The van der Waals surface area contributed by atoms with Crippen LogP contribution < -0.4 is 11.1 Å². The summed E-state index contributed by atoms with van der Waals surface area (Å²) in [7, 11) is 0. The first-order chi connectivity index (χ1) is 8.07. The third-order valence-corrected chi connectivity index (χ3v) is 3.69. The van der Waals surface area contributed by atoms with E-state index in [9.17, 15) is 4.79 Å². The molecular weight excluding hydrogens is 238 g/mol. The van der Waals surface area contributed by atoms with Crippen molar-refractivity contribution in [2.75, 3.05) is 11.9 Å². The average Bonchev–Trinajstić information content (AvgIpc) is 2.21. The molecule has 0 unspecified atom stereocenters. The topological polar surface area (TPSA) is 68.0 Å². The van der Waals surface area contributed by atoms with Crippen LogP contribution in [0.25, 0.3) is 0 Å². The van der Waals surface area contributed by atoms with Crippen LogP contribution in [0.5, 0.6) is 0 Å². The van der Waals surface area contributed by atoms with Gasteiger partial charge in [0, 0.05) is 6.54 Å². The molecule has 1 aromatic heterocycles. The quantitative estimate of drug-likeness (QED) is 0.811. The molecule has 1 aliphatic carbocycles. The maximum atomic E-state index is 12.1. The lowest BCUT2D eigenvalue weighted by atomic mass is 9.68. The van der Waals surface area contributed by atoms with Crippen molar-refractivity contribution in [2.45, 2.75) is 26.2 Å². The Labute approximate surface area is 106 Å². The van der Waals surface area contributed by atoms with Crippen molar-refractivity contribution in [1.29, 1.82) is 0 Å². The smallest absolute Gasteiger partial charge is 0.231 e. The second kappa shape index (κ2) is 4.63. The number of nitrogens with two attached hydrogens (primary N) is 1. The van der Waals surface area contributed by atoms with Crippen molar-refractivity contribution in [3.63, 3.8) is 0 Å². The number of carbonyl (C=O) groups is 1. The summed E-state index contributed by atoms with van der Waals surface area (Å²) in [5.41, 5.74) is 6.75. The minimum atomic E-state index is -0.369. The molecule has 92 valence electrons. The van der Waals surface area contributed by atoms with Crippen LogP contribution in [0.2, 0.25) is 5.15 Å². The van der Waals surface area contributed by atoms with Crippen molar-refractivity contribution in [3.8, 4) is 0 Å². The zero-order valence-electron chi connectivity index (χ0n) is 9.79. The molecule has 0 aromatic carbocycles. The van der Waals surface area contributed by atoms with Gasteiger partial charge in [0.2, 0.25) is 5.91 Å². The molecule has 17 heavy (non-hydrogen) atoms. The first kappa shape index (κ1) is 12.3. The van der Waals surface area contributed by atoms with E-state index in [0.717, 1.165) is 25.0 Å². The summed E-state index contributed by atoms with van der Waals surface area (Å²) in [5, 5.41) is 3.32. The van der Waals surface area contributed by atoms with Crippen LogP contribution >= 0.6 is 11.6 Å². The molecule has 1 aromatic rings. The first-order valence-electron chi connectivity index (χ1n) is 5.72. The van der Waals surface area contributed by atoms with E-state index in [1.165, 1.54) is 0 Å². The summed E-state index contributed by atoms with van der Waals surface area (Å²) in [6, 6.07) is 3.44. The molecule has 1 saturated carbocycles. The minimum Gasteiger partial charge on any atom is -0.329 e. The predicted octanol–water partition coefficient (Wildman–Crippen LogP) is 2.11. The number of amides is 1. The van der Waals surface area contributed by atoms with Crippen molar-refractivity contribution in [3.05, 3.63) is 23.0 Å². The molecule has 3 N–H and O–H groups in total. The summed E-state index contributed by atoms with van der Waals surface area (Å²) < 4.78 is 0. The van der Waals surface area contributed by atoms with E-state index < -0.39 is 0 Å². The minimum absolute atomic E-state index is 0.00141. The number of rotatable bonds is 3. The van der Waals surface area contributed by atoms with Crippen molar-refractivity contribution in [2.24, 2.45) is 11.1 Å². The largest absolute Gasteiger partial charge is 0.329 e. The van der Waals surface area contributed by atoms with Crippen molar-refractivity contribution >= 4 is 23.2 Å². The fraction of sp³-hybridized carbons (Fsp3) is 0.500. The Bertz CT molecular complexity index is 438. The molecule has 1 fully saturated rings. The molecule has 0 aliphatic heterocycles. The van der Waals surface area contributed by atoms with Crippen LogP contribution in [0.4, 0.5) is 5.69 Å². The third kappa shape index (κ3) is 2.28. The summed E-state index contributed by atoms with van der Waals surface area (Å²) in [6.07, 6.45) is 2.81. The van der Waals surface area contributed by atoms with E-state index in [-0.39, 0.29) is 11.3 Å². The standard InChI is InChI=1S/C12H16ClN3O/c1-8-9(3-4-10(13)15-8)16-11(17)12(7-14)5-2-6-12/h3-4H,2,5-7,14H2,1H3,(H,16,17).